The van der Waals surface area contributed by atoms with E-state index >= 15 is 0 Å². The molecule has 2 aliphatic rings. The summed E-state index contributed by atoms with van der Waals surface area (Å²) in [6.07, 6.45) is 2.69. The molecule has 6 nitrogen and oxygen atoms in total. The van der Waals surface area contributed by atoms with Crippen LogP contribution in [0.5, 0.6) is 0 Å². The van der Waals surface area contributed by atoms with Crippen LogP contribution in [0.15, 0.2) is 53.5 Å². The summed E-state index contributed by atoms with van der Waals surface area (Å²) in [5.41, 5.74) is 2.67. The molecule has 32 heavy (non-hydrogen) atoms. The van der Waals surface area contributed by atoms with Crippen molar-refractivity contribution in [3.8, 4) is 0 Å². The molecule has 0 radical (unpaired) electrons. The third-order valence-corrected chi connectivity index (χ3v) is 8.91. The van der Waals surface area contributed by atoms with Crippen molar-refractivity contribution < 1.29 is 8.42 Å². The summed E-state index contributed by atoms with van der Waals surface area (Å²) in [7, 11) is 0.696. The number of aliphatic imine (C=N–C) groups is 1. The molecule has 2 N–H and O–H groups in total. The van der Waals surface area contributed by atoms with E-state index in [1.165, 1.54) is 0 Å². The molecule has 1 aliphatic heterocycles. The highest BCUT2D eigenvalue weighted by molar-refractivity contribution is 7.92. The zero-order valence-corrected chi connectivity index (χ0v) is 20.2. The predicted molar refractivity (Wildman–Crippen MR) is 134 cm³/mol. The molecular weight excluding hydrogens is 444 g/mol. The number of halogens is 1. The second kappa shape index (κ2) is 9.41. The lowest BCUT2D eigenvalue weighted by Gasteiger charge is -2.45. The first-order valence-corrected chi connectivity index (χ1v) is 13.2. The Morgan fingerprint density at radius 3 is 2.50 bits per heavy atom. The molecular formula is C24H31ClN4O2S. The smallest absolute Gasteiger partial charge is 0.154 e. The number of anilines is 2. The van der Waals surface area contributed by atoms with E-state index in [1.54, 1.807) is 0 Å². The Bertz CT molecular complexity index is 1090. The van der Waals surface area contributed by atoms with E-state index in [0.29, 0.717) is 43.8 Å². The quantitative estimate of drug-likeness (QED) is 0.647. The average Bonchev–Trinajstić information content (AvgIpc) is 2.77. The topological polar surface area (TPSA) is 73.8 Å². The van der Waals surface area contributed by atoms with Crippen molar-refractivity contribution in [3.63, 3.8) is 0 Å². The summed E-state index contributed by atoms with van der Waals surface area (Å²) < 4.78 is 25.8. The summed E-state index contributed by atoms with van der Waals surface area (Å²) in [6.45, 7) is 1.07. The van der Waals surface area contributed by atoms with Gasteiger partial charge in [-0.1, -0.05) is 35.9 Å². The van der Waals surface area contributed by atoms with Crippen LogP contribution < -0.4 is 10.6 Å². The van der Waals surface area contributed by atoms with Crippen molar-refractivity contribution in [1.82, 2.24) is 4.90 Å². The van der Waals surface area contributed by atoms with Gasteiger partial charge >= 0.3 is 0 Å². The number of amidine groups is 1. The first kappa shape index (κ1) is 23.1. The minimum atomic E-state index is -3.12. The van der Waals surface area contributed by atoms with E-state index in [1.807, 2.05) is 61.5 Å². The van der Waals surface area contributed by atoms with E-state index in [0.717, 1.165) is 22.8 Å². The van der Waals surface area contributed by atoms with Crippen LogP contribution in [0.4, 0.5) is 11.4 Å². The summed E-state index contributed by atoms with van der Waals surface area (Å²) >= 11 is 6.14. The van der Waals surface area contributed by atoms with Gasteiger partial charge in [0.1, 0.15) is 5.84 Å². The lowest BCUT2D eigenvalue weighted by molar-refractivity contribution is 0.394. The Kier molecular flexibility index (Phi) is 6.79. The first-order valence-electron chi connectivity index (χ1n) is 11.1. The zero-order chi connectivity index (χ0) is 22.8. The molecule has 172 valence electrons. The molecule has 0 bridgehead atoms. The number of fused-ring (bicyclic) bond motifs is 1. The standard InChI is InChI=1S/C24H31ClN4O2S/c1-29(2)14-15-32(30,31)20-10-12-24(13-11-20)23(26-17-18-6-5-7-19(25)16-18)27-21-8-3-4-9-22(21)28-24/h3-9,16,20,28H,10-15,17H2,1-2H3,(H,26,27). The van der Waals surface area contributed by atoms with Crippen LogP contribution in [0, 0.1) is 0 Å². The molecule has 0 saturated heterocycles. The number of rotatable bonds is 6. The van der Waals surface area contributed by atoms with Crippen LogP contribution in [0.1, 0.15) is 31.2 Å². The Morgan fingerprint density at radius 2 is 1.81 bits per heavy atom. The fraction of sp³-hybridized carbons (Fsp3) is 0.458. The number of nitrogens with zero attached hydrogens (tertiary/aromatic N) is 2. The van der Waals surface area contributed by atoms with Crippen molar-refractivity contribution >= 4 is 38.6 Å². The molecule has 1 spiro atoms. The Morgan fingerprint density at radius 1 is 1.09 bits per heavy atom. The van der Waals surface area contributed by atoms with Gasteiger partial charge in [0.05, 0.1) is 34.5 Å². The van der Waals surface area contributed by atoms with Gasteiger partial charge in [0.25, 0.3) is 0 Å². The van der Waals surface area contributed by atoms with Crippen molar-refractivity contribution in [3.05, 3.63) is 59.1 Å². The minimum Gasteiger partial charge on any atom is -0.371 e. The second-order valence-electron chi connectivity index (χ2n) is 9.04. The molecule has 4 rings (SSSR count). The normalized spacial score (nSPS) is 24.2. The predicted octanol–water partition coefficient (Wildman–Crippen LogP) is 4.43. The summed E-state index contributed by atoms with van der Waals surface area (Å²) in [4.78, 5) is 6.87. The SMILES string of the molecule is CN(C)CCS(=O)(=O)C1CCC2(CC1)Nc1ccccc1NC2=NCc1cccc(Cl)c1. The van der Waals surface area contributed by atoms with Gasteiger partial charge in [-0.3, -0.25) is 4.99 Å². The van der Waals surface area contributed by atoms with Gasteiger partial charge in [-0.2, -0.15) is 0 Å². The van der Waals surface area contributed by atoms with Gasteiger partial charge in [0.2, 0.25) is 0 Å². The number of para-hydroxylation sites is 2. The molecule has 0 atom stereocenters. The van der Waals surface area contributed by atoms with E-state index in [4.69, 9.17) is 16.6 Å². The molecule has 0 unspecified atom stereocenters. The number of hydrogen-bond donors (Lipinski definition) is 2. The zero-order valence-electron chi connectivity index (χ0n) is 18.6. The Hall–Kier alpha value is -2.09. The molecule has 1 saturated carbocycles. The molecule has 2 aromatic rings. The van der Waals surface area contributed by atoms with Crippen LogP contribution in [-0.2, 0) is 16.4 Å². The monoisotopic (exact) mass is 474 g/mol. The molecule has 0 amide bonds. The summed E-state index contributed by atoms with van der Waals surface area (Å²) in [5.74, 6) is 1.09. The van der Waals surface area contributed by atoms with Gasteiger partial charge in [-0.25, -0.2) is 8.42 Å². The highest BCUT2D eigenvalue weighted by Gasteiger charge is 2.45. The van der Waals surface area contributed by atoms with Gasteiger partial charge in [-0.05, 0) is 69.6 Å². The van der Waals surface area contributed by atoms with Gasteiger partial charge in [0.15, 0.2) is 9.84 Å². The van der Waals surface area contributed by atoms with Crippen LogP contribution in [0.2, 0.25) is 5.02 Å². The number of sulfone groups is 1. The van der Waals surface area contributed by atoms with Gasteiger partial charge in [0, 0.05) is 11.6 Å². The Labute approximate surface area is 196 Å². The van der Waals surface area contributed by atoms with Crippen molar-refractivity contribution in [2.75, 3.05) is 37.0 Å². The van der Waals surface area contributed by atoms with Gasteiger partial charge < -0.3 is 15.5 Å². The number of nitrogens with one attached hydrogen (secondary N) is 2. The molecule has 0 aromatic heterocycles. The maximum Gasteiger partial charge on any atom is 0.154 e. The first-order chi connectivity index (χ1) is 15.3. The highest BCUT2D eigenvalue weighted by atomic mass is 35.5. The maximum atomic E-state index is 12.9. The molecule has 1 fully saturated rings. The highest BCUT2D eigenvalue weighted by Crippen LogP contribution is 2.41. The van der Waals surface area contributed by atoms with Crippen LogP contribution in [0.25, 0.3) is 0 Å². The largest absolute Gasteiger partial charge is 0.371 e. The van der Waals surface area contributed by atoms with E-state index in [2.05, 4.69) is 16.7 Å². The summed E-state index contributed by atoms with van der Waals surface area (Å²) in [6, 6.07) is 15.8. The lowest BCUT2D eigenvalue weighted by atomic mass is 9.78. The maximum absolute atomic E-state index is 12.9. The van der Waals surface area contributed by atoms with Gasteiger partial charge in [-0.15, -0.1) is 0 Å². The van der Waals surface area contributed by atoms with Crippen LogP contribution >= 0.6 is 11.6 Å². The third kappa shape index (κ3) is 5.11. The van der Waals surface area contributed by atoms with Crippen molar-refractivity contribution in [2.45, 2.75) is 43.0 Å². The number of benzene rings is 2. The van der Waals surface area contributed by atoms with Crippen LogP contribution in [-0.4, -0.2) is 56.3 Å². The van der Waals surface area contributed by atoms with Crippen molar-refractivity contribution in [1.29, 1.82) is 0 Å². The average molecular weight is 475 g/mol. The molecule has 1 aliphatic carbocycles. The lowest BCUT2D eigenvalue weighted by Crippen LogP contribution is -2.55. The fourth-order valence-electron chi connectivity index (χ4n) is 4.54. The minimum absolute atomic E-state index is 0.210. The third-order valence-electron chi connectivity index (χ3n) is 6.43. The van der Waals surface area contributed by atoms with Crippen LogP contribution in [0.3, 0.4) is 0 Å². The Balaban J connectivity index is 1.56. The van der Waals surface area contributed by atoms with E-state index in [-0.39, 0.29) is 16.5 Å². The molecule has 2 aromatic carbocycles. The second-order valence-corrected chi connectivity index (χ2v) is 11.9. The fourth-order valence-corrected chi connectivity index (χ4v) is 6.66. The number of hydrogen-bond acceptors (Lipinski definition) is 5. The summed E-state index contributed by atoms with van der Waals surface area (Å²) in [5, 5.41) is 7.65. The van der Waals surface area contributed by atoms with E-state index < -0.39 is 9.84 Å². The van der Waals surface area contributed by atoms with E-state index in [9.17, 15) is 8.42 Å². The van der Waals surface area contributed by atoms with Crippen molar-refractivity contribution in [2.24, 2.45) is 4.99 Å². The molecule has 8 heteroatoms. The molecule has 1 heterocycles.